The van der Waals surface area contributed by atoms with Crippen LogP contribution in [-0.4, -0.2) is 39.4 Å². The lowest BCUT2D eigenvalue weighted by molar-refractivity contribution is 0.0292. The molecule has 0 aliphatic carbocycles. The van der Waals surface area contributed by atoms with Gasteiger partial charge in [-0.05, 0) is 41.1 Å². The molecule has 0 fully saturated rings. The molecule has 1 aromatic carbocycles. The van der Waals surface area contributed by atoms with Gasteiger partial charge in [0.15, 0.2) is 0 Å². The quantitative estimate of drug-likeness (QED) is 0.695. The van der Waals surface area contributed by atoms with Crippen molar-refractivity contribution in [2.24, 2.45) is 0 Å². The average molecular weight is 431 g/mol. The van der Waals surface area contributed by atoms with Gasteiger partial charge in [-0.25, -0.2) is 13.1 Å². The first-order valence-corrected chi connectivity index (χ1v) is 8.91. The zero-order valence-electron chi connectivity index (χ0n) is 11.2. The molecular formula is C12H17Br2NO4S. The fraction of sp³-hybridized carbons (Fsp3) is 0.500. The van der Waals surface area contributed by atoms with Crippen molar-refractivity contribution in [3.05, 3.63) is 27.1 Å². The summed E-state index contributed by atoms with van der Waals surface area (Å²) in [6, 6.07) is 4.87. The second-order valence-corrected chi connectivity index (χ2v) is 8.14. The Labute approximate surface area is 136 Å². The third kappa shape index (κ3) is 5.42. The number of hydrogen-bond acceptors (Lipinski definition) is 4. The highest BCUT2D eigenvalue weighted by atomic mass is 79.9. The van der Waals surface area contributed by atoms with E-state index in [1.54, 1.807) is 19.1 Å². The Morgan fingerprint density at radius 2 is 2.05 bits per heavy atom. The minimum absolute atomic E-state index is 0.0857. The SMILES string of the molecule is COCCC(C)(O)CNS(=O)(=O)c1cc(Br)ccc1Br. The van der Waals surface area contributed by atoms with E-state index in [-0.39, 0.29) is 11.4 Å². The van der Waals surface area contributed by atoms with Gasteiger partial charge in [0.1, 0.15) is 0 Å². The van der Waals surface area contributed by atoms with Crippen molar-refractivity contribution in [3.63, 3.8) is 0 Å². The first-order chi connectivity index (χ1) is 9.18. The lowest BCUT2D eigenvalue weighted by atomic mass is 10.0. The molecule has 114 valence electrons. The van der Waals surface area contributed by atoms with E-state index in [0.717, 1.165) is 0 Å². The number of aliphatic hydroxyl groups is 1. The molecule has 1 rings (SSSR count). The van der Waals surface area contributed by atoms with E-state index in [2.05, 4.69) is 36.6 Å². The van der Waals surface area contributed by atoms with E-state index in [9.17, 15) is 13.5 Å². The van der Waals surface area contributed by atoms with Crippen LogP contribution in [0.4, 0.5) is 0 Å². The first-order valence-electron chi connectivity index (χ1n) is 5.84. The molecule has 1 atom stereocenters. The van der Waals surface area contributed by atoms with Crippen LogP contribution in [0.5, 0.6) is 0 Å². The maximum absolute atomic E-state index is 12.2. The van der Waals surface area contributed by atoms with Crippen molar-refractivity contribution in [2.75, 3.05) is 20.3 Å². The summed E-state index contributed by atoms with van der Waals surface area (Å²) in [7, 11) is -2.17. The zero-order valence-corrected chi connectivity index (χ0v) is 15.2. The Hall–Kier alpha value is 0.01000. The van der Waals surface area contributed by atoms with E-state index in [0.29, 0.717) is 22.0 Å². The smallest absolute Gasteiger partial charge is 0.241 e. The molecule has 0 aliphatic heterocycles. The molecule has 0 heterocycles. The van der Waals surface area contributed by atoms with Gasteiger partial charge in [-0.2, -0.15) is 0 Å². The van der Waals surface area contributed by atoms with E-state index < -0.39 is 15.6 Å². The molecule has 0 saturated carbocycles. The molecule has 0 spiro atoms. The number of sulfonamides is 1. The fourth-order valence-electron chi connectivity index (χ4n) is 1.42. The highest BCUT2D eigenvalue weighted by Crippen LogP contribution is 2.25. The molecule has 0 radical (unpaired) electrons. The number of benzene rings is 1. The van der Waals surface area contributed by atoms with Crippen LogP contribution in [0, 0.1) is 0 Å². The van der Waals surface area contributed by atoms with Crippen LogP contribution in [-0.2, 0) is 14.8 Å². The van der Waals surface area contributed by atoms with Crippen LogP contribution in [0.15, 0.2) is 32.0 Å². The van der Waals surface area contributed by atoms with Gasteiger partial charge in [0.05, 0.1) is 10.5 Å². The molecule has 2 N–H and O–H groups in total. The van der Waals surface area contributed by atoms with Crippen molar-refractivity contribution in [2.45, 2.75) is 23.8 Å². The molecule has 8 heteroatoms. The lowest BCUT2D eigenvalue weighted by Gasteiger charge is -2.23. The number of methoxy groups -OCH3 is 1. The third-order valence-corrected chi connectivity index (χ3v) is 5.56. The van der Waals surface area contributed by atoms with Crippen LogP contribution < -0.4 is 4.72 Å². The Balaban J connectivity index is 2.83. The number of halogens is 2. The van der Waals surface area contributed by atoms with Gasteiger partial charge in [0, 0.05) is 35.6 Å². The van der Waals surface area contributed by atoms with Crippen LogP contribution in [0.3, 0.4) is 0 Å². The van der Waals surface area contributed by atoms with Gasteiger partial charge < -0.3 is 9.84 Å². The molecule has 0 aromatic heterocycles. The summed E-state index contributed by atoms with van der Waals surface area (Å²) >= 11 is 6.44. The fourth-order valence-corrected chi connectivity index (χ4v) is 4.08. The van der Waals surface area contributed by atoms with Crippen molar-refractivity contribution < 1.29 is 18.3 Å². The predicted octanol–water partition coefficient (Wildman–Crippen LogP) is 2.28. The van der Waals surface area contributed by atoms with E-state index >= 15 is 0 Å². The number of ether oxygens (including phenoxy) is 1. The molecule has 1 unspecified atom stereocenters. The maximum Gasteiger partial charge on any atom is 0.241 e. The van der Waals surface area contributed by atoms with Crippen molar-refractivity contribution in [3.8, 4) is 0 Å². The average Bonchev–Trinajstić information content (AvgIpc) is 2.37. The number of hydrogen-bond donors (Lipinski definition) is 2. The predicted molar refractivity (Wildman–Crippen MR) is 84.1 cm³/mol. The lowest BCUT2D eigenvalue weighted by Crippen LogP contribution is -2.41. The molecule has 20 heavy (non-hydrogen) atoms. The Bertz CT molecular complexity index is 561. The number of rotatable bonds is 7. The van der Waals surface area contributed by atoms with Gasteiger partial charge in [0.25, 0.3) is 0 Å². The summed E-state index contributed by atoms with van der Waals surface area (Å²) in [5, 5.41) is 10.1. The largest absolute Gasteiger partial charge is 0.389 e. The zero-order chi connectivity index (χ0) is 15.4. The molecule has 0 bridgehead atoms. The molecule has 5 nitrogen and oxygen atoms in total. The minimum atomic E-state index is -3.70. The van der Waals surface area contributed by atoms with Gasteiger partial charge in [-0.3, -0.25) is 0 Å². The van der Waals surface area contributed by atoms with Crippen molar-refractivity contribution in [1.29, 1.82) is 0 Å². The molecule has 1 aromatic rings. The molecule has 0 saturated heterocycles. The molecule has 0 amide bonds. The molecule has 0 aliphatic rings. The topological polar surface area (TPSA) is 75.6 Å². The van der Waals surface area contributed by atoms with Gasteiger partial charge in [0.2, 0.25) is 10.0 Å². The second kappa shape index (κ2) is 7.33. The first kappa shape index (κ1) is 18.1. The monoisotopic (exact) mass is 429 g/mol. The number of nitrogens with one attached hydrogen (secondary N) is 1. The maximum atomic E-state index is 12.2. The van der Waals surface area contributed by atoms with E-state index in [4.69, 9.17) is 4.74 Å². The Kier molecular flexibility index (Phi) is 6.62. The standard InChI is InChI=1S/C12H17Br2NO4S/c1-12(16,5-6-19-2)8-15-20(17,18)11-7-9(13)3-4-10(11)14/h3-4,7,15-16H,5-6,8H2,1-2H3. The van der Waals surface area contributed by atoms with Crippen molar-refractivity contribution in [1.82, 2.24) is 4.72 Å². The highest BCUT2D eigenvalue weighted by molar-refractivity contribution is 9.11. The van der Waals surface area contributed by atoms with Crippen LogP contribution in [0.25, 0.3) is 0 Å². The van der Waals surface area contributed by atoms with Crippen LogP contribution in [0.1, 0.15) is 13.3 Å². The van der Waals surface area contributed by atoms with E-state index in [1.165, 1.54) is 13.2 Å². The highest BCUT2D eigenvalue weighted by Gasteiger charge is 2.25. The summed E-state index contributed by atoms with van der Waals surface area (Å²) in [6.07, 6.45) is 0.339. The van der Waals surface area contributed by atoms with Gasteiger partial charge >= 0.3 is 0 Å². The summed E-state index contributed by atoms with van der Waals surface area (Å²) in [5.74, 6) is 0. The van der Waals surface area contributed by atoms with Gasteiger partial charge in [-0.1, -0.05) is 15.9 Å². The molecular weight excluding hydrogens is 414 g/mol. The summed E-state index contributed by atoms with van der Waals surface area (Å²) in [5.41, 5.74) is -1.17. The van der Waals surface area contributed by atoms with Crippen LogP contribution in [0.2, 0.25) is 0 Å². The third-order valence-electron chi connectivity index (χ3n) is 2.67. The Morgan fingerprint density at radius 1 is 1.40 bits per heavy atom. The van der Waals surface area contributed by atoms with Gasteiger partial charge in [-0.15, -0.1) is 0 Å². The Morgan fingerprint density at radius 3 is 2.65 bits per heavy atom. The minimum Gasteiger partial charge on any atom is -0.389 e. The summed E-state index contributed by atoms with van der Waals surface area (Å²) in [4.78, 5) is 0.120. The normalized spacial score (nSPS) is 15.1. The van der Waals surface area contributed by atoms with Crippen LogP contribution >= 0.6 is 31.9 Å². The summed E-state index contributed by atoms with van der Waals surface area (Å²) < 4.78 is 32.9. The summed E-state index contributed by atoms with van der Waals surface area (Å²) in [6.45, 7) is 1.83. The second-order valence-electron chi connectivity index (χ2n) is 4.64. The van der Waals surface area contributed by atoms with Crippen molar-refractivity contribution >= 4 is 41.9 Å². The van der Waals surface area contributed by atoms with E-state index in [1.807, 2.05) is 0 Å².